The minimum Gasteiger partial charge on any atom is -0.354 e. The lowest BCUT2D eigenvalue weighted by Crippen LogP contribution is -2.52. The van der Waals surface area contributed by atoms with Gasteiger partial charge in [0.25, 0.3) is 0 Å². The van der Waals surface area contributed by atoms with Gasteiger partial charge in [-0.05, 0) is 5.56 Å². The molecule has 1 N–H and O–H groups in total. The smallest absolute Gasteiger partial charge is 0.193 e. The van der Waals surface area contributed by atoms with Crippen LogP contribution < -0.4 is 5.32 Å². The van der Waals surface area contributed by atoms with Gasteiger partial charge in [0.2, 0.25) is 0 Å². The molecule has 1 aliphatic heterocycles. The van der Waals surface area contributed by atoms with E-state index in [4.69, 9.17) is 0 Å². The molecule has 3 rings (SSSR count). The van der Waals surface area contributed by atoms with Crippen molar-refractivity contribution in [3.63, 3.8) is 0 Å². The molecule has 0 aliphatic carbocycles. The van der Waals surface area contributed by atoms with Crippen LogP contribution in [-0.2, 0) is 13.0 Å². The summed E-state index contributed by atoms with van der Waals surface area (Å²) in [7, 11) is 1.85. The van der Waals surface area contributed by atoms with Gasteiger partial charge in [0.15, 0.2) is 5.96 Å². The molecule has 0 spiro atoms. The van der Waals surface area contributed by atoms with E-state index < -0.39 is 0 Å². The van der Waals surface area contributed by atoms with Gasteiger partial charge in [-0.1, -0.05) is 49.4 Å². The number of guanidine groups is 1. The number of benzene rings is 1. The third kappa shape index (κ3) is 7.11. The van der Waals surface area contributed by atoms with Crippen molar-refractivity contribution in [2.24, 2.45) is 4.99 Å². The molecule has 1 aromatic carbocycles. The van der Waals surface area contributed by atoms with Crippen LogP contribution in [0.25, 0.3) is 6.08 Å². The minimum atomic E-state index is 0. The lowest BCUT2D eigenvalue weighted by atomic mass is 10.2. The molecule has 1 aliphatic rings. The number of halogens is 1. The second-order valence-corrected chi connectivity index (χ2v) is 6.87. The Bertz CT molecular complexity index is 764. The lowest BCUT2D eigenvalue weighted by Gasteiger charge is -2.36. The van der Waals surface area contributed by atoms with Gasteiger partial charge in [0, 0.05) is 59.3 Å². The van der Waals surface area contributed by atoms with E-state index in [9.17, 15) is 0 Å². The van der Waals surface area contributed by atoms with E-state index in [-0.39, 0.29) is 24.0 Å². The molecule has 2 heterocycles. The Morgan fingerprint density at radius 1 is 1.17 bits per heavy atom. The predicted octanol–water partition coefficient (Wildman–Crippen LogP) is 2.36. The highest BCUT2D eigenvalue weighted by atomic mass is 127. The maximum absolute atomic E-state index is 4.46. The highest BCUT2D eigenvalue weighted by Gasteiger charge is 2.18. The van der Waals surface area contributed by atoms with Crippen LogP contribution in [0.5, 0.6) is 0 Å². The Morgan fingerprint density at radius 2 is 1.93 bits per heavy atom. The Kier molecular flexibility index (Phi) is 10.1. The Hall–Kier alpha value is -1.94. The number of aromatic nitrogens is 3. The van der Waals surface area contributed by atoms with Crippen LogP contribution >= 0.6 is 24.0 Å². The molecule has 7 nitrogen and oxygen atoms in total. The molecule has 2 aromatic rings. The zero-order valence-electron chi connectivity index (χ0n) is 17.4. The Morgan fingerprint density at radius 3 is 2.62 bits per heavy atom. The standard InChI is InChI=1S/C21H31N7.HI/c1-3-20-25-24-18-28(20)13-11-23-21(22-2)27-16-14-26(15-17-27)12-7-10-19-8-5-4-6-9-19;/h4-10,18H,3,11-17H2,1-2H3,(H,22,23);1H/b10-7+;. The first kappa shape index (κ1) is 23.3. The normalized spacial score (nSPS) is 15.5. The fourth-order valence-corrected chi connectivity index (χ4v) is 3.40. The molecule has 0 atom stereocenters. The van der Waals surface area contributed by atoms with Crippen molar-refractivity contribution < 1.29 is 0 Å². The number of nitrogens with one attached hydrogen (secondary N) is 1. The van der Waals surface area contributed by atoms with Gasteiger partial charge in [-0.25, -0.2) is 0 Å². The van der Waals surface area contributed by atoms with Crippen molar-refractivity contribution in [2.45, 2.75) is 19.9 Å². The van der Waals surface area contributed by atoms with Gasteiger partial charge in [-0.3, -0.25) is 9.89 Å². The molecular weight excluding hydrogens is 477 g/mol. The molecule has 8 heteroatoms. The first-order chi connectivity index (χ1) is 13.8. The quantitative estimate of drug-likeness (QED) is 0.353. The van der Waals surface area contributed by atoms with Crippen molar-refractivity contribution in [3.8, 4) is 0 Å². The number of hydrogen-bond donors (Lipinski definition) is 1. The summed E-state index contributed by atoms with van der Waals surface area (Å²) in [5, 5.41) is 11.6. The van der Waals surface area contributed by atoms with E-state index in [1.54, 1.807) is 6.33 Å². The van der Waals surface area contributed by atoms with Crippen LogP contribution in [0.2, 0.25) is 0 Å². The van der Waals surface area contributed by atoms with Gasteiger partial charge in [0.1, 0.15) is 12.2 Å². The van der Waals surface area contributed by atoms with Crippen LogP contribution in [0.15, 0.2) is 47.7 Å². The third-order valence-electron chi connectivity index (χ3n) is 5.00. The van der Waals surface area contributed by atoms with Crippen molar-refractivity contribution in [1.82, 2.24) is 29.9 Å². The summed E-state index contributed by atoms with van der Waals surface area (Å²) >= 11 is 0. The topological polar surface area (TPSA) is 61.6 Å². The zero-order valence-corrected chi connectivity index (χ0v) is 19.7. The van der Waals surface area contributed by atoms with Crippen molar-refractivity contribution in [1.29, 1.82) is 0 Å². The van der Waals surface area contributed by atoms with Crippen molar-refractivity contribution in [2.75, 3.05) is 46.3 Å². The summed E-state index contributed by atoms with van der Waals surface area (Å²) in [5.41, 5.74) is 1.25. The maximum Gasteiger partial charge on any atom is 0.193 e. The summed E-state index contributed by atoms with van der Waals surface area (Å²) in [6, 6.07) is 10.5. The summed E-state index contributed by atoms with van der Waals surface area (Å²) in [4.78, 5) is 9.28. The molecule has 0 radical (unpaired) electrons. The zero-order chi connectivity index (χ0) is 19.6. The SMILES string of the molecule is CCc1nncn1CCNC(=NC)N1CCN(C/C=C/c2ccccc2)CC1.I. The Balaban J connectivity index is 0.00000300. The molecule has 0 bridgehead atoms. The van der Waals surface area contributed by atoms with Gasteiger partial charge >= 0.3 is 0 Å². The fourth-order valence-electron chi connectivity index (χ4n) is 3.40. The van der Waals surface area contributed by atoms with Gasteiger partial charge in [0.05, 0.1) is 0 Å². The average molecular weight is 509 g/mol. The van der Waals surface area contributed by atoms with Gasteiger partial charge in [-0.15, -0.1) is 34.2 Å². The Labute approximate surface area is 190 Å². The van der Waals surface area contributed by atoms with E-state index in [0.29, 0.717) is 0 Å². The number of nitrogens with zero attached hydrogens (tertiary/aromatic N) is 6. The highest BCUT2D eigenvalue weighted by molar-refractivity contribution is 14.0. The summed E-state index contributed by atoms with van der Waals surface area (Å²) in [6.07, 6.45) is 7.14. The average Bonchev–Trinajstić information content (AvgIpc) is 3.20. The van der Waals surface area contributed by atoms with Crippen molar-refractivity contribution >= 4 is 36.0 Å². The molecule has 1 aromatic heterocycles. The molecule has 158 valence electrons. The van der Waals surface area contributed by atoms with E-state index in [2.05, 4.69) is 78.2 Å². The number of aryl methyl sites for hydroxylation is 1. The fraction of sp³-hybridized carbons (Fsp3) is 0.476. The molecule has 0 amide bonds. The number of piperazine rings is 1. The lowest BCUT2D eigenvalue weighted by molar-refractivity contribution is 0.194. The van der Waals surface area contributed by atoms with Crippen molar-refractivity contribution in [3.05, 3.63) is 54.1 Å². The monoisotopic (exact) mass is 509 g/mol. The maximum atomic E-state index is 4.46. The molecular formula is C21H32IN7. The van der Waals surface area contributed by atoms with E-state index in [1.165, 1.54) is 5.56 Å². The first-order valence-corrected chi connectivity index (χ1v) is 10.1. The van der Waals surface area contributed by atoms with Gasteiger partial charge < -0.3 is 14.8 Å². The van der Waals surface area contributed by atoms with Crippen LogP contribution in [0, 0.1) is 0 Å². The predicted molar refractivity (Wildman–Crippen MR) is 130 cm³/mol. The largest absolute Gasteiger partial charge is 0.354 e. The number of aliphatic imine (C=N–C) groups is 1. The van der Waals surface area contributed by atoms with Crippen LogP contribution in [0.3, 0.4) is 0 Å². The van der Waals surface area contributed by atoms with Crippen LogP contribution in [0.4, 0.5) is 0 Å². The second kappa shape index (κ2) is 12.6. The van der Waals surface area contributed by atoms with E-state index >= 15 is 0 Å². The highest BCUT2D eigenvalue weighted by Crippen LogP contribution is 2.05. The molecule has 1 fully saturated rings. The second-order valence-electron chi connectivity index (χ2n) is 6.87. The summed E-state index contributed by atoms with van der Waals surface area (Å²) in [6.45, 7) is 8.83. The van der Waals surface area contributed by atoms with Crippen LogP contribution in [0.1, 0.15) is 18.3 Å². The molecule has 0 unspecified atom stereocenters. The molecule has 0 saturated carbocycles. The minimum absolute atomic E-state index is 0. The third-order valence-corrected chi connectivity index (χ3v) is 5.00. The van der Waals surface area contributed by atoms with Gasteiger partial charge in [-0.2, -0.15) is 0 Å². The number of rotatable bonds is 7. The van der Waals surface area contributed by atoms with Crippen LogP contribution in [-0.4, -0.2) is 76.8 Å². The molecule has 29 heavy (non-hydrogen) atoms. The van der Waals surface area contributed by atoms with E-state index in [0.717, 1.165) is 64.0 Å². The molecule has 1 saturated heterocycles. The first-order valence-electron chi connectivity index (χ1n) is 10.1. The number of hydrogen-bond acceptors (Lipinski definition) is 4. The summed E-state index contributed by atoms with van der Waals surface area (Å²) < 4.78 is 2.09. The van der Waals surface area contributed by atoms with E-state index in [1.807, 2.05) is 13.1 Å². The summed E-state index contributed by atoms with van der Waals surface area (Å²) in [5.74, 6) is 2.00.